The van der Waals surface area contributed by atoms with Gasteiger partial charge in [0.05, 0.1) is 0 Å². The van der Waals surface area contributed by atoms with E-state index in [-0.39, 0.29) is 0 Å². The van der Waals surface area contributed by atoms with Crippen LogP contribution in [0.5, 0.6) is 0 Å². The fourth-order valence-electron chi connectivity index (χ4n) is 6.04. The maximum atomic E-state index is 2.66. The first-order chi connectivity index (χ1) is 9.43. The summed E-state index contributed by atoms with van der Waals surface area (Å²) in [6.07, 6.45) is 11.4. The van der Waals surface area contributed by atoms with Crippen molar-refractivity contribution in [1.82, 2.24) is 0 Å². The number of hydrogen-bond donors (Lipinski definition) is 0. The molecule has 0 nitrogen and oxygen atoms in total. The van der Waals surface area contributed by atoms with Gasteiger partial charge < -0.3 is 0 Å². The van der Waals surface area contributed by atoms with Crippen molar-refractivity contribution in [2.75, 3.05) is 0 Å². The molecule has 2 fully saturated rings. The van der Waals surface area contributed by atoms with Crippen molar-refractivity contribution in [2.24, 2.45) is 40.9 Å². The van der Waals surface area contributed by atoms with Gasteiger partial charge in [-0.1, -0.05) is 46.3 Å². The van der Waals surface area contributed by atoms with E-state index in [1.165, 1.54) is 38.5 Å². The van der Waals surface area contributed by atoms with Gasteiger partial charge in [0.15, 0.2) is 0 Å². The maximum absolute atomic E-state index is 2.66. The molecule has 0 amide bonds. The zero-order chi connectivity index (χ0) is 14.5. The van der Waals surface area contributed by atoms with E-state index in [0.29, 0.717) is 5.41 Å². The van der Waals surface area contributed by atoms with Crippen molar-refractivity contribution in [3.05, 3.63) is 11.6 Å². The summed E-state index contributed by atoms with van der Waals surface area (Å²) in [5, 5.41) is 0. The van der Waals surface area contributed by atoms with Gasteiger partial charge in [-0.3, -0.25) is 0 Å². The van der Waals surface area contributed by atoms with Crippen molar-refractivity contribution < 1.29 is 0 Å². The van der Waals surface area contributed by atoms with Crippen molar-refractivity contribution in [3.63, 3.8) is 0 Å². The lowest BCUT2D eigenvalue weighted by Crippen LogP contribution is -2.36. The van der Waals surface area contributed by atoms with E-state index in [2.05, 4.69) is 40.7 Å². The molecule has 3 rings (SSSR count). The Morgan fingerprint density at radius 2 is 1.90 bits per heavy atom. The molecule has 114 valence electrons. The summed E-state index contributed by atoms with van der Waals surface area (Å²) in [5.74, 6) is 5.51. The van der Waals surface area contributed by atoms with Crippen LogP contribution in [0.1, 0.15) is 73.1 Å². The van der Waals surface area contributed by atoms with Crippen LogP contribution in [-0.4, -0.2) is 0 Å². The summed E-state index contributed by atoms with van der Waals surface area (Å²) in [7, 11) is 0. The minimum atomic E-state index is 0.611. The van der Waals surface area contributed by atoms with Gasteiger partial charge in [0.1, 0.15) is 0 Å². The predicted octanol–water partition coefficient (Wildman–Crippen LogP) is 6.08. The number of rotatable bonds is 1. The highest BCUT2D eigenvalue weighted by Crippen LogP contribution is 2.62. The highest BCUT2D eigenvalue weighted by Gasteiger charge is 2.53. The van der Waals surface area contributed by atoms with Gasteiger partial charge in [-0.2, -0.15) is 0 Å². The van der Waals surface area contributed by atoms with E-state index in [1.54, 1.807) is 0 Å². The van der Waals surface area contributed by atoms with E-state index in [9.17, 15) is 0 Å². The number of hydrogen-bond acceptors (Lipinski definition) is 0. The fourth-order valence-corrected chi connectivity index (χ4v) is 6.04. The van der Waals surface area contributed by atoms with Crippen LogP contribution in [0.4, 0.5) is 0 Å². The molecule has 0 aromatic heterocycles. The van der Waals surface area contributed by atoms with E-state index in [0.717, 1.165) is 35.5 Å². The zero-order valence-corrected chi connectivity index (χ0v) is 14.3. The third kappa shape index (κ3) is 2.18. The first kappa shape index (κ1) is 14.7. The molecule has 0 bridgehead atoms. The lowest BCUT2D eigenvalue weighted by molar-refractivity contribution is 0.0860. The highest BCUT2D eigenvalue weighted by atomic mass is 14.6. The molecule has 0 radical (unpaired) electrons. The summed E-state index contributed by atoms with van der Waals surface area (Å²) >= 11 is 0. The smallest absolute Gasteiger partial charge is 0.0144 e. The van der Waals surface area contributed by atoms with Crippen LogP contribution < -0.4 is 0 Å². The molecule has 2 saturated carbocycles. The lowest BCUT2D eigenvalue weighted by Gasteiger charge is -2.44. The highest BCUT2D eigenvalue weighted by molar-refractivity contribution is 5.22. The summed E-state index contributed by atoms with van der Waals surface area (Å²) in [6.45, 7) is 12.6. The molecule has 0 aromatic carbocycles. The normalized spacial score (nSPS) is 51.1. The standard InChI is InChI=1S/C20H34/c1-13(2)16-10-11-20(5)18-9-7-15(4)17(18)8-6-14(3)12-19(16)20/h8,13-16,18-19H,6-7,9-12H2,1-5H3/b17-8-/t14-,15?,16+,18-,19?,20+/m1/s1. The van der Waals surface area contributed by atoms with E-state index in [4.69, 9.17) is 0 Å². The molecule has 3 aliphatic carbocycles. The molecule has 6 atom stereocenters. The molecule has 0 aromatic rings. The van der Waals surface area contributed by atoms with Crippen LogP contribution in [0.2, 0.25) is 0 Å². The second-order valence-corrected chi connectivity index (χ2v) is 8.87. The SMILES string of the molecule is CC1CC[C@@H]2/C1=C\C[C@@H](C)CC1[C@H](C(C)C)CC[C@]12C. The van der Waals surface area contributed by atoms with Gasteiger partial charge in [-0.25, -0.2) is 0 Å². The van der Waals surface area contributed by atoms with Crippen LogP contribution >= 0.6 is 0 Å². The summed E-state index contributed by atoms with van der Waals surface area (Å²) in [4.78, 5) is 0. The fraction of sp³-hybridized carbons (Fsp3) is 0.900. The van der Waals surface area contributed by atoms with E-state index in [1.807, 2.05) is 5.57 Å². The lowest BCUT2D eigenvalue weighted by atomic mass is 9.61. The van der Waals surface area contributed by atoms with Crippen LogP contribution in [-0.2, 0) is 0 Å². The predicted molar refractivity (Wildman–Crippen MR) is 87.5 cm³/mol. The van der Waals surface area contributed by atoms with E-state index >= 15 is 0 Å². The molecule has 0 heterocycles. The second kappa shape index (κ2) is 5.18. The molecule has 20 heavy (non-hydrogen) atoms. The Morgan fingerprint density at radius 3 is 2.60 bits per heavy atom. The Balaban J connectivity index is 1.98. The van der Waals surface area contributed by atoms with Gasteiger partial charge >= 0.3 is 0 Å². The van der Waals surface area contributed by atoms with Crippen LogP contribution in [0.15, 0.2) is 11.6 Å². The monoisotopic (exact) mass is 274 g/mol. The largest absolute Gasteiger partial charge is 0.0845 e. The molecule has 3 aliphatic rings. The molecule has 0 aliphatic heterocycles. The van der Waals surface area contributed by atoms with Gasteiger partial charge in [0.25, 0.3) is 0 Å². The van der Waals surface area contributed by atoms with Gasteiger partial charge in [-0.15, -0.1) is 0 Å². The number of allylic oxidation sites excluding steroid dienone is 2. The second-order valence-electron chi connectivity index (χ2n) is 8.87. The molecule has 0 N–H and O–H groups in total. The van der Waals surface area contributed by atoms with Crippen LogP contribution in [0, 0.1) is 40.9 Å². The molecule has 0 saturated heterocycles. The summed E-state index contributed by atoms with van der Waals surface area (Å²) in [5.41, 5.74) is 2.47. The van der Waals surface area contributed by atoms with Gasteiger partial charge in [0.2, 0.25) is 0 Å². The maximum Gasteiger partial charge on any atom is -0.0144 e. The quantitative estimate of drug-likeness (QED) is 0.508. The average molecular weight is 274 g/mol. The Hall–Kier alpha value is -0.260. The Kier molecular flexibility index (Phi) is 3.80. The Labute approximate surface area is 126 Å². The number of fused-ring (bicyclic) bond motifs is 3. The Bertz CT molecular complexity index is 391. The molecular formula is C20H34. The third-order valence-corrected chi connectivity index (χ3v) is 7.30. The molecular weight excluding hydrogens is 240 g/mol. The van der Waals surface area contributed by atoms with Crippen LogP contribution in [0.3, 0.4) is 0 Å². The first-order valence-corrected chi connectivity index (χ1v) is 9.13. The van der Waals surface area contributed by atoms with E-state index < -0.39 is 0 Å². The third-order valence-electron chi connectivity index (χ3n) is 7.30. The minimum Gasteiger partial charge on any atom is -0.0845 e. The summed E-state index contributed by atoms with van der Waals surface area (Å²) in [6, 6.07) is 0. The first-order valence-electron chi connectivity index (χ1n) is 9.13. The zero-order valence-electron chi connectivity index (χ0n) is 14.3. The van der Waals surface area contributed by atoms with Crippen LogP contribution in [0.25, 0.3) is 0 Å². The minimum absolute atomic E-state index is 0.611. The topological polar surface area (TPSA) is 0 Å². The summed E-state index contributed by atoms with van der Waals surface area (Å²) < 4.78 is 0. The van der Waals surface area contributed by atoms with Crippen molar-refractivity contribution in [1.29, 1.82) is 0 Å². The van der Waals surface area contributed by atoms with Crippen molar-refractivity contribution in [2.45, 2.75) is 73.1 Å². The average Bonchev–Trinajstić information content (AvgIpc) is 2.89. The van der Waals surface area contributed by atoms with Crippen molar-refractivity contribution >= 4 is 0 Å². The van der Waals surface area contributed by atoms with Gasteiger partial charge in [-0.05, 0) is 79.4 Å². The van der Waals surface area contributed by atoms with Crippen molar-refractivity contribution in [3.8, 4) is 0 Å². The molecule has 2 unspecified atom stereocenters. The molecule has 0 spiro atoms. The Morgan fingerprint density at radius 1 is 1.15 bits per heavy atom. The van der Waals surface area contributed by atoms with Gasteiger partial charge in [0, 0.05) is 0 Å². The molecule has 0 heteroatoms.